The third kappa shape index (κ3) is 2.51. The lowest BCUT2D eigenvalue weighted by molar-refractivity contribution is 0.240. The summed E-state index contributed by atoms with van der Waals surface area (Å²) in [6.07, 6.45) is 3.79. The van der Waals surface area contributed by atoms with Gasteiger partial charge in [0.25, 0.3) is 0 Å². The molecule has 1 aromatic carbocycles. The predicted octanol–water partition coefficient (Wildman–Crippen LogP) is 3.03. The van der Waals surface area contributed by atoms with E-state index in [0.717, 1.165) is 31.1 Å². The molecule has 0 radical (unpaired) electrons. The summed E-state index contributed by atoms with van der Waals surface area (Å²) in [5.41, 5.74) is 1.45. The van der Waals surface area contributed by atoms with Gasteiger partial charge in [0.15, 0.2) is 0 Å². The van der Waals surface area contributed by atoms with Crippen molar-refractivity contribution < 1.29 is 8.78 Å². The molecule has 0 unspecified atom stereocenters. The topological polar surface area (TPSA) is 31.9 Å². The summed E-state index contributed by atoms with van der Waals surface area (Å²) >= 11 is 0. The molecule has 0 saturated carbocycles. The summed E-state index contributed by atoms with van der Waals surface area (Å²) < 4.78 is 26.9. The van der Waals surface area contributed by atoms with Crippen molar-refractivity contribution >= 4 is 0 Å². The maximum atomic E-state index is 13.7. The molecule has 100 valence electrons. The summed E-state index contributed by atoms with van der Waals surface area (Å²) in [7, 11) is 0. The molecular weight excluding hydrogens is 248 g/mol. The van der Waals surface area contributed by atoms with Gasteiger partial charge in [0.05, 0.1) is 11.7 Å². The first kappa shape index (κ1) is 12.3. The lowest BCUT2D eigenvalue weighted by Crippen LogP contribution is -2.23. The Labute approximate surface area is 110 Å². The Morgan fingerprint density at radius 2 is 2.21 bits per heavy atom. The summed E-state index contributed by atoms with van der Waals surface area (Å²) in [6.45, 7) is 1.31. The molecule has 0 aliphatic carbocycles. The molecule has 2 heterocycles. The number of hydrogen-bond donors (Lipinski definition) is 1. The Morgan fingerprint density at radius 3 is 3.00 bits per heavy atom. The van der Waals surface area contributed by atoms with Crippen LogP contribution in [0.15, 0.2) is 30.5 Å². The first-order chi connectivity index (χ1) is 9.24. The lowest BCUT2D eigenvalue weighted by atomic mass is 10.1. The van der Waals surface area contributed by atoms with Crippen molar-refractivity contribution in [2.45, 2.75) is 25.4 Å². The molecule has 5 heteroatoms. The minimum atomic E-state index is -0.395. The summed E-state index contributed by atoms with van der Waals surface area (Å²) in [5, 5.41) is 6.92. The first-order valence-electron chi connectivity index (χ1n) is 6.41. The Bertz CT molecular complexity index is 554. The third-order valence-corrected chi connectivity index (χ3v) is 3.63. The number of nitrogens with zero attached hydrogens (tertiary/aromatic N) is 2. The van der Waals surface area contributed by atoms with Crippen molar-refractivity contribution in [3.63, 3.8) is 0 Å². The standard InChI is InChI=1S/C14H15F2N3/c15-11-3-4-12(16)10(8-11)9-19-7-1-2-14(19)13-5-6-17-18-13/h3-6,8,14H,1-2,7,9H2,(H,17,18)/t14-/m1/s1. The van der Waals surface area contributed by atoms with Crippen LogP contribution in [0.1, 0.15) is 30.1 Å². The molecule has 0 spiro atoms. The zero-order valence-electron chi connectivity index (χ0n) is 10.4. The number of nitrogens with one attached hydrogen (secondary N) is 1. The molecule has 3 rings (SSSR count). The molecule has 1 N–H and O–H groups in total. The fourth-order valence-electron chi connectivity index (χ4n) is 2.70. The highest BCUT2D eigenvalue weighted by molar-refractivity contribution is 5.19. The van der Waals surface area contributed by atoms with Crippen molar-refractivity contribution in [2.75, 3.05) is 6.54 Å². The van der Waals surface area contributed by atoms with Gasteiger partial charge < -0.3 is 0 Å². The summed E-state index contributed by atoms with van der Waals surface area (Å²) in [5.74, 6) is -0.745. The van der Waals surface area contributed by atoms with Gasteiger partial charge in [0.2, 0.25) is 0 Å². The molecule has 2 aromatic rings. The van der Waals surface area contributed by atoms with Gasteiger partial charge in [-0.25, -0.2) is 8.78 Å². The fourth-order valence-corrected chi connectivity index (χ4v) is 2.70. The fraction of sp³-hybridized carbons (Fsp3) is 0.357. The quantitative estimate of drug-likeness (QED) is 0.923. The van der Waals surface area contributed by atoms with Gasteiger partial charge in [-0.3, -0.25) is 10.00 Å². The second-order valence-corrected chi connectivity index (χ2v) is 4.88. The van der Waals surface area contributed by atoms with Crippen molar-refractivity contribution in [2.24, 2.45) is 0 Å². The van der Waals surface area contributed by atoms with E-state index in [1.165, 1.54) is 12.1 Å². The Morgan fingerprint density at radius 1 is 1.32 bits per heavy atom. The number of hydrogen-bond acceptors (Lipinski definition) is 2. The molecule has 1 aliphatic heterocycles. The van der Waals surface area contributed by atoms with Gasteiger partial charge in [0.1, 0.15) is 11.6 Å². The highest BCUT2D eigenvalue weighted by atomic mass is 19.1. The maximum Gasteiger partial charge on any atom is 0.127 e. The van der Waals surface area contributed by atoms with Crippen molar-refractivity contribution in [3.05, 3.63) is 53.4 Å². The lowest BCUT2D eigenvalue weighted by Gasteiger charge is -2.23. The Balaban J connectivity index is 1.80. The molecule has 1 aromatic heterocycles. The molecule has 1 atom stereocenters. The van der Waals surface area contributed by atoms with Crippen LogP contribution in [0.3, 0.4) is 0 Å². The van der Waals surface area contributed by atoms with Crippen LogP contribution in [0.5, 0.6) is 0 Å². The zero-order valence-corrected chi connectivity index (χ0v) is 10.4. The number of aromatic nitrogens is 2. The predicted molar refractivity (Wildman–Crippen MR) is 67.3 cm³/mol. The SMILES string of the molecule is Fc1ccc(F)c(CN2CCC[C@@H]2c2ccn[nH]2)c1. The van der Waals surface area contributed by atoms with Crippen LogP contribution in [0.25, 0.3) is 0 Å². The van der Waals surface area contributed by atoms with E-state index in [1.807, 2.05) is 6.07 Å². The third-order valence-electron chi connectivity index (χ3n) is 3.63. The van der Waals surface area contributed by atoms with E-state index in [2.05, 4.69) is 15.1 Å². The zero-order chi connectivity index (χ0) is 13.2. The minimum Gasteiger partial charge on any atom is -0.290 e. The van der Waals surface area contributed by atoms with E-state index in [-0.39, 0.29) is 11.9 Å². The van der Waals surface area contributed by atoms with Crippen LogP contribution >= 0.6 is 0 Å². The minimum absolute atomic E-state index is 0.213. The van der Waals surface area contributed by atoms with Crippen molar-refractivity contribution in [1.29, 1.82) is 0 Å². The maximum absolute atomic E-state index is 13.7. The normalized spacial score (nSPS) is 20.0. The molecule has 1 fully saturated rings. The smallest absolute Gasteiger partial charge is 0.127 e. The van der Waals surface area contributed by atoms with E-state index < -0.39 is 5.82 Å². The van der Waals surface area contributed by atoms with Crippen LogP contribution in [0.2, 0.25) is 0 Å². The van der Waals surface area contributed by atoms with Gasteiger partial charge in [-0.15, -0.1) is 0 Å². The number of H-pyrrole nitrogens is 1. The highest BCUT2D eigenvalue weighted by Crippen LogP contribution is 2.32. The average Bonchev–Trinajstić information content (AvgIpc) is 3.03. The number of rotatable bonds is 3. The number of aromatic amines is 1. The van der Waals surface area contributed by atoms with Crippen LogP contribution in [0.4, 0.5) is 8.78 Å². The van der Waals surface area contributed by atoms with Gasteiger partial charge in [0, 0.05) is 18.3 Å². The molecule has 1 aliphatic rings. The van der Waals surface area contributed by atoms with Crippen molar-refractivity contribution in [1.82, 2.24) is 15.1 Å². The molecule has 0 bridgehead atoms. The molecule has 1 saturated heterocycles. The molecule has 3 nitrogen and oxygen atoms in total. The second-order valence-electron chi connectivity index (χ2n) is 4.88. The molecule has 19 heavy (non-hydrogen) atoms. The number of halogens is 2. The van der Waals surface area contributed by atoms with Crippen LogP contribution < -0.4 is 0 Å². The van der Waals surface area contributed by atoms with Crippen LogP contribution in [-0.4, -0.2) is 21.6 Å². The van der Waals surface area contributed by atoms with E-state index in [0.29, 0.717) is 12.1 Å². The Hall–Kier alpha value is -1.75. The highest BCUT2D eigenvalue weighted by Gasteiger charge is 2.27. The van der Waals surface area contributed by atoms with Gasteiger partial charge in [-0.1, -0.05) is 0 Å². The van der Waals surface area contributed by atoms with Gasteiger partial charge in [-0.05, 0) is 43.7 Å². The van der Waals surface area contributed by atoms with E-state index in [1.54, 1.807) is 6.20 Å². The monoisotopic (exact) mass is 263 g/mol. The van der Waals surface area contributed by atoms with Crippen LogP contribution in [0, 0.1) is 11.6 Å². The first-order valence-corrected chi connectivity index (χ1v) is 6.41. The van der Waals surface area contributed by atoms with E-state index >= 15 is 0 Å². The van der Waals surface area contributed by atoms with Crippen LogP contribution in [-0.2, 0) is 6.54 Å². The molecular formula is C14H15F2N3. The van der Waals surface area contributed by atoms with Gasteiger partial charge >= 0.3 is 0 Å². The summed E-state index contributed by atoms with van der Waals surface area (Å²) in [4.78, 5) is 2.16. The molecule has 0 amide bonds. The van der Waals surface area contributed by atoms with Gasteiger partial charge in [-0.2, -0.15) is 5.10 Å². The number of benzene rings is 1. The Kier molecular flexibility index (Phi) is 3.29. The second kappa shape index (κ2) is 5.09. The largest absolute Gasteiger partial charge is 0.290 e. The average molecular weight is 263 g/mol. The van der Waals surface area contributed by atoms with E-state index in [4.69, 9.17) is 0 Å². The van der Waals surface area contributed by atoms with E-state index in [9.17, 15) is 8.78 Å². The summed E-state index contributed by atoms with van der Waals surface area (Å²) in [6, 6.07) is 5.76. The van der Waals surface area contributed by atoms with Crippen molar-refractivity contribution in [3.8, 4) is 0 Å². The number of likely N-dealkylation sites (tertiary alicyclic amines) is 1.